The smallest absolute Gasteiger partial charge is 0.174 e. The Morgan fingerprint density at radius 1 is 1.50 bits per heavy atom. The minimum atomic E-state index is 0.304. The Morgan fingerprint density at radius 3 is 2.93 bits per heavy atom. The second-order valence-corrected chi connectivity index (χ2v) is 4.94. The highest BCUT2D eigenvalue weighted by Gasteiger charge is 2.23. The van der Waals surface area contributed by atoms with Gasteiger partial charge in [-0.2, -0.15) is 0 Å². The molecule has 0 aromatic carbocycles. The van der Waals surface area contributed by atoms with Gasteiger partial charge in [-0.05, 0) is 19.3 Å². The van der Waals surface area contributed by atoms with Crippen LogP contribution in [0.15, 0.2) is 0 Å². The zero-order valence-electron chi connectivity index (χ0n) is 8.67. The molecule has 14 heavy (non-hydrogen) atoms. The van der Waals surface area contributed by atoms with Crippen LogP contribution >= 0.6 is 11.3 Å². The molecule has 2 rings (SSSR count). The highest BCUT2D eigenvalue weighted by Crippen LogP contribution is 2.31. The van der Waals surface area contributed by atoms with Crippen molar-refractivity contribution in [2.45, 2.75) is 45.4 Å². The maximum Gasteiger partial charge on any atom is 0.174 e. The zero-order chi connectivity index (χ0) is 10.1. The first-order chi connectivity index (χ1) is 6.72. The van der Waals surface area contributed by atoms with Crippen LogP contribution in [-0.4, -0.2) is 10.8 Å². The number of ketones is 1. The fraction of sp³-hybridized carbons (Fsp3) is 0.636. The number of aryl methyl sites for hydroxylation is 1. The molecule has 0 N–H and O–H groups in total. The lowest BCUT2D eigenvalue weighted by atomic mass is 10.0. The van der Waals surface area contributed by atoms with Crippen molar-refractivity contribution in [3.05, 3.63) is 15.6 Å². The van der Waals surface area contributed by atoms with Crippen LogP contribution in [0.4, 0.5) is 0 Å². The molecule has 3 heteroatoms. The molecule has 0 fully saturated rings. The Hall–Kier alpha value is -0.700. The highest BCUT2D eigenvalue weighted by atomic mass is 32.1. The van der Waals surface area contributed by atoms with Gasteiger partial charge < -0.3 is 0 Å². The summed E-state index contributed by atoms with van der Waals surface area (Å²) in [7, 11) is 0. The standard InChI is InChI=1S/C11H15NOS/c1-3-7(2)11-12-8-5-4-6-9(13)10(8)14-11/h7H,3-6H2,1-2H3. The summed E-state index contributed by atoms with van der Waals surface area (Å²) in [6.45, 7) is 4.33. The van der Waals surface area contributed by atoms with E-state index in [0.717, 1.165) is 41.3 Å². The highest BCUT2D eigenvalue weighted by molar-refractivity contribution is 7.14. The maximum absolute atomic E-state index is 11.6. The van der Waals surface area contributed by atoms with Crippen LogP contribution in [-0.2, 0) is 6.42 Å². The average molecular weight is 209 g/mol. The van der Waals surface area contributed by atoms with Crippen molar-refractivity contribution in [2.24, 2.45) is 0 Å². The van der Waals surface area contributed by atoms with Gasteiger partial charge in [0.05, 0.1) is 15.6 Å². The number of aromatic nitrogens is 1. The lowest BCUT2D eigenvalue weighted by Crippen LogP contribution is -2.07. The summed E-state index contributed by atoms with van der Waals surface area (Å²) >= 11 is 1.62. The van der Waals surface area contributed by atoms with Gasteiger partial charge in [0, 0.05) is 12.3 Å². The lowest BCUT2D eigenvalue weighted by Gasteiger charge is -2.06. The molecule has 0 amide bonds. The van der Waals surface area contributed by atoms with E-state index in [2.05, 4.69) is 18.8 Å². The molecule has 0 radical (unpaired) electrons. The minimum Gasteiger partial charge on any atom is -0.293 e. The van der Waals surface area contributed by atoms with Crippen LogP contribution < -0.4 is 0 Å². The average Bonchev–Trinajstić information content (AvgIpc) is 2.62. The molecule has 0 spiro atoms. The second-order valence-electron chi connectivity index (χ2n) is 3.91. The van der Waals surface area contributed by atoms with E-state index >= 15 is 0 Å². The van der Waals surface area contributed by atoms with E-state index in [1.165, 1.54) is 0 Å². The van der Waals surface area contributed by atoms with Gasteiger partial charge in [0.1, 0.15) is 0 Å². The van der Waals surface area contributed by atoms with E-state index in [0.29, 0.717) is 11.7 Å². The number of carbonyl (C=O) groups excluding carboxylic acids is 1. The summed E-state index contributed by atoms with van der Waals surface area (Å²) in [4.78, 5) is 17.1. The predicted octanol–water partition coefficient (Wildman–Crippen LogP) is 3.18. The number of hydrogen-bond acceptors (Lipinski definition) is 3. The molecule has 0 bridgehead atoms. The van der Waals surface area contributed by atoms with E-state index in [1.807, 2.05) is 0 Å². The van der Waals surface area contributed by atoms with Crippen LogP contribution in [0.1, 0.15) is 59.4 Å². The fourth-order valence-electron chi connectivity index (χ4n) is 1.67. The molecule has 1 aromatic heterocycles. The Labute approximate surface area is 88.4 Å². The Kier molecular flexibility index (Phi) is 2.68. The van der Waals surface area contributed by atoms with Crippen LogP contribution in [0.5, 0.6) is 0 Å². The first kappa shape index (κ1) is 9.84. The van der Waals surface area contributed by atoms with Gasteiger partial charge in [0.2, 0.25) is 0 Å². The van der Waals surface area contributed by atoms with E-state index in [4.69, 9.17) is 0 Å². The molecule has 0 aliphatic heterocycles. The molecular weight excluding hydrogens is 194 g/mol. The van der Waals surface area contributed by atoms with Crippen LogP contribution in [0.25, 0.3) is 0 Å². The third-order valence-corrected chi connectivity index (χ3v) is 4.19. The van der Waals surface area contributed by atoms with E-state index in [1.54, 1.807) is 11.3 Å². The third kappa shape index (κ3) is 1.61. The van der Waals surface area contributed by atoms with E-state index in [-0.39, 0.29) is 0 Å². The van der Waals surface area contributed by atoms with Gasteiger partial charge in [-0.25, -0.2) is 4.98 Å². The Bertz CT molecular complexity index is 356. The topological polar surface area (TPSA) is 30.0 Å². The van der Waals surface area contributed by atoms with Crippen molar-refractivity contribution in [3.63, 3.8) is 0 Å². The normalized spacial score (nSPS) is 18.0. The first-order valence-electron chi connectivity index (χ1n) is 5.25. The molecule has 1 atom stereocenters. The monoisotopic (exact) mass is 209 g/mol. The molecule has 1 aliphatic carbocycles. The molecule has 76 valence electrons. The quantitative estimate of drug-likeness (QED) is 0.748. The van der Waals surface area contributed by atoms with Crippen LogP contribution in [0.3, 0.4) is 0 Å². The van der Waals surface area contributed by atoms with Crippen molar-refractivity contribution in [3.8, 4) is 0 Å². The van der Waals surface area contributed by atoms with Crippen molar-refractivity contribution >= 4 is 17.1 Å². The van der Waals surface area contributed by atoms with Gasteiger partial charge in [-0.1, -0.05) is 13.8 Å². The number of nitrogens with zero attached hydrogens (tertiary/aromatic N) is 1. The third-order valence-electron chi connectivity index (χ3n) is 2.82. The van der Waals surface area contributed by atoms with Gasteiger partial charge >= 0.3 is 0 Å². The summed E-state index contributed by atoms with van der Waals surface area (Å²) in [6, 6.07) is 0. The summed E-state index contributed by atoms with van der Waals surface area (Å²) in [5.41, 5.74) is 1.06. The molecule has 0 saturated carbocycles. The molecular formula is C11H15NOS. The van der Waals surface area contributed by atoms with Gasteiger partial charge in [-0.15, -0.1) is 11.3 Å². The number of fused-ring (bicyclic) bond motifs is 1. The second kappa shape index (κ2) is 3.81. The summed E-state index contributed by atoms with van der Waals surface area (Å²) < 4.78 is 0. The van der Waals surface area contributed by atoms with Crippen molar-refractivity contribution in [1.82, 2.24) is 4.98 Å². The zero-order valence-corrected chi connectivity index (χ0v) is 9.49. The molecule has 2 nitrogen and oxygen atoms in total. The number of rotatable bonds is 2. The lowest BCUT2D eigenvalue weighted by molar-refractivity contribution is 0.0976. The number of thiazole rings is 1. The summed E-state index contributed by atoms with van der Waals surface area (Å²) in [5.74, 6) is 0.803. The van der Waals surface area contributed by atoms with Crippen molar-refractivity contribution < 1.29 is 4.79 Å². The van der Waals surface area contributed by atoms with Gasteiger partial charge in [-0.3, -0.25) is 4.79 Å². The fourth-order valence-corrected chi connectivity index (χ4v) is 2.89. The number of carbonyl (C=O) groups is 1. The molecule has 0 saturated heterocycles. The summed E-state index contributed by atoms with van der Waals surface area (Å²) in [5, 5.41) is 1.15. The molecule has 1 unspecified atom stereocenters. The van der Waals surface area contributed by atoms with Crippen molar-refractivity contribution in [2.75, 3.05) is 0 Å². The SMILES string of the molecule is CCC(C)c1nc2c(s1)C(=O)CCC2. The first-order valence-corrected chi connectivity index (χ1v) is 6.06. The summed E-state index contributed by atoms with van der Waals surface area (Å²) in [6.07, 6.45) is 3.79. The molecule has 1 heterocycles. The Morgan fingerprint density at radius 2 is 2.29 bits per heavy atom. The van der Waals surface area contributed by atoms with E-state index in [9.17, 15) is 4.79 Å². The number of Topliss-reactive ketones (excluding diaryl/α,β-unsaturated/α-hetero) is 1. The maximum atomic E-state index is 11.6. The molecule has 1 aromatic rings. The largest absolute Gasteiger partial charge is 0.293 e. The van der Waals surface area contributed by atoms with Crippen LogP contribution in [0, 0.1) is 0 Å². The van der Waals surface area contributed by atoms with Crippen LogP contribution in [0.2, 0.25) is 0 Å². The van der Waals surface area contributed by atoms with Crippen molar-refractivity contribution in [1.29, 1.82) is 0 Å². The minimum absolute atomic E-state index is 0.304. The van der Waals surface area contributed by atoms with Gasteiger partial charge in [0.25, 0.3) is 0 Å². The van der Waals surface area contributed by atoms with E-state index < -0.39 is 0 Å². The Balaban J connectivity index is 2.35. The van der Waals surface area contributed by atoms with Gasteiger partial charge in [0.15, 0.2) is 5.78 Å². The molecule has 1 aliphatic rings. The predicted molar refractivity (Wildman–Crippen MR) is 58.1 cm³/mol. The number of hydrogen-bond donors (Lipinski definition) is 0.